The minimum Gasteiger partial charge on any atom is -0.384 e. The highest BCUT2D eigenvalue weighted by molar-refractivity contribution is 6.07. The summed E-state index contributed by atoms with van der Waals surface area (Å²) in [4.78, 5) is 64.2. The van der Waals surface area contributed by atoms with E-state index in [2.05, 4.69) is 43.3 Å². The van der Waals surface area contributed by atoms with E-state index in [1.165, 1.54) is 0 Å². The maximum absolute atomic E-state index is 13.3. The van der Waals surface area contributed by atoms with Gasteiger partial charge in [0.1, 0.15) is 11.7 Å². The average Bonchev–Trinajstić information content (AvgIpc) is 3.88. The van der Waals surface area contributed by atoms with Crippen LogP contribution in [-0.4, -0.2) is 72.4 Å². The summed E-state index contributed by atoms with van der Waals surface area (Å²) in [5, 5.41) is 17.3. The lowest BCUT2D eigenvalue weighted by molar-refractivity contribution is -0.136. The molecule has 14 nitrogen and oxygen atoms in total. The molecule has 0 bridgehead atoms. The molecule has 0 radical (unpaired) electrons. The number of anilines is 3. The number of benzene rings is 2. The number of carbonyl (C=O) groups excluding carboxylic acids is 4. The molecule has 1 fully saturated rings. The van der Waals surface area contributed by atoms with E-state index in [-0.39, 0.29) is 24.1 Å². The zero-order valence-corrected chi connectivity index (χ0v) is 28.4. The van der Waals surface area contributed by atoms with Crippen molar-refractivity contribution in [3.8, 4) is 11.3 Å². The van der Waals surface area contributed by atoms with Crippen LogP contribution >= 0.6 is 0 Å². The summed E-state index contributed by atoms with van der Waals surface area (Å²) in [5.41, 5.74) is 5.93. The average molecular weight is 689 g/mol. The molecule has 0 saturated carbocycles. The molecule has 1 unspecified atom stereocenters. The maximum Gasteiger partial charge on any atom is 0.257 e. The summed E-state index contributed by atoms with van der Waals surface area (Å²) in [6.45, 7) is 4.50. The van der Waals surface area contributed by atoms with Crippen LogP contribution in [0.4, 0.5) is 17.3 Å². The Morgan fingerprint density at radius 1 is 1.00 bits per heavy atom. The van der Waals surface area contributed by atoms with Gasteiger partial charge in [0.25, 0.3) is 11.8 Å². The van der Waals surface area contributed by atoms with Crippen LogP contribution in [-0.2, 0) is 22.7 Å². The number of rotatable bonds is 14. The van der Waals surface area contributed by atoms with E-state index in [1.807, 2.05) is 59.7 Å². The molecule has 2 aliphatic heterocycles. The molecule has 5 aromatic rings. The molecule has 1 atom stereocenters. The van der Waals surface area contributed by atoms with Crippen LogP contribution in [0.2, 0.25) is 0 Å². The van der Waals surface area contributed by atoms with Crippen LogP contribution in [0.3, 0.4) is 0 Å². The third-order valence-electron chi connectivity index (χ3n) is 9.19. The molecule has 14 heteroatoms. The number of H-pyrrole nitrogens is 1. The van der Waals surface area contributed by atoms with E-state index < -0.39 is 11.9 Å². The number of piperidine rings is 1. The van der Waals surface area contributed by atoms with Crippen molar-refractivity contribution in [2.45, 2.75) is 64.6 Å². The number of unbranched alkanes of at least 4 members (excludes halogenated alkanes) is 2. The first-order chi connectivity index (χ1) is 24.9. The molecule has 51 heavy (non-hydrogen) atoms. The molecule has 4 amide bonds. The maximum atomic E-state index is 13.3. The summed E-state index contributed by atoms with van der Waals surface area (Å²) in [5.74, 6) is -0.617. The van der Waals surface area contributed by atoms with E-state index in [9.17, 15) is 19.2 Å². The van der Waals surface area contributed by atoms with Gasteiger partial charge in [0.2, 0.25) is 17.8 Å². The highest BCUT2D eigenvalue weighted by Crippen LogP contribution is 2.32. The van der Waals surface area contributed by atoms with Gasteiger partial charge in [0.05, 0.1) is 17.5 Å². The van der Waals surface area contributed by atoms with Crippen LogP contribution in [0.25, 0.3) is 22.3 Å². The Kier molecular flexibility index (Phi) is 9.72. The van der Waals surface area contributed by atoms with E-state index in [0.717, 1.165) is 71.5 Å². The summed E-state index contributed by atoms with van der Waals surface area (Å²) >= 11 is 0. The second kappa shape index (κ2) is 14.8. The van der Waals surface area contributed by atoms with Crippen molar-refractivity contribution in [2.24, 2.45) is 0 Å². The molecule has 3 aromatic heterocycles. The molecule has 0 aliphatic carbocycles. The number of nitrogens with zero attached hydrogens (tertiary/aromatic N) is 5. The van der Waals surface area contributed by atoms with Gasteiger partial charge in [0, 0.05) is 72.9 Å². The Bertz CT molecular complexity index is 2090. The smallest absolute Gasteiger partial charge is 0.257 e. The molecule has 2 aromatic carbocycles. The Hall–Kier alpha value is -6.05. The lowest BCUT2D eigenvalue weighted by atomic mass is 10.0. The van der Waals surface area contributed by atoms with Crippen LogP contribution < -0.4 is 21.3 Å². The van der Waals surface area contributed by atoms with Crippen molar-refractivity contribution in [2.75, 3.05) is 23.7 Å². The number of aromatic amines is 1. The summed E-state index contributed by atoms with van der Waals surface area (Å²) in [6, 6.07) is 14.2. The summed E-state index contributed by atoms with van der Waals surface area (Å²) in [6.07, 6.45) is 9.74. The Morgan fingerprint density at radius 3 is 2.67 bits per heavy atom. The van der Waals surface area contributed by atoms with Gasteiger partial charge in [-0.1, -0.05) is 19.1 Å². The first-order valence-electron chi connectivity index (χ1n) is 17.4. The van der Waals surface area contributed by atoms with Gasteiger partial charge in [-0.2, -0.15) is 10.1 Å². The van der Waals surface area contributed by atoms with Crippen molar-refractivity contribution >= 4 is 52.0 Å². The number of amides is 4. The molecular formula is C37H40N10O4. The summed E-state index contributed by atoms with van der Waals surface area (Å²) in [7, 11) is 0. The van der Waals surface area contributed by atoms with E-state index in [0.29, 0.717) is 43.1 Å². The standard InChI is InChI=1S/C37H40N10O4/c1-2-19-46-21-25(20-41-46)32-27-15-18-39-33(27)45-37(44-32)42-26-11-9-23(10-12-26)34(49)40-17-5-3-4-16-38-28-8-6-7-24-22-47(36(51)31(24)28)29-13-14-30(48)43-35(29)50/h6-12,15,18,20-21,29,38H,2-5,13-14,16-17,19,22H2,1H3,(H,40,49)(H,43,48,50)(H2,39,42,44,45). The van der Waals surface area contributed by atoms with Crippen molar-refractivity contribution in [3.63, 3.8) is 0 Å². The quantitative estimate of drug-likeness (QED) is 0.0813. The SMILES string of the molecule is CCCn1cc(-c2nc(Nc3ccc(C(=O)NCCCCCNc4cccc5c4C(=O)N(C4CCC(=O)NC4=O)C5)cc3)nc3[nH]ccc23)cn1. The molecule has 5 N–H and O–H groups in total. The minimum atomic E-state index is -0.637. The molecule has 2 aliphatic rings. The fraction of sp³-hybridized carbons (Fsp3) is 0.324. The normalized spacial score (nSPS) is 15.6. The zero-order chi connectivity index (χ0) is 35.3. The molecule has 0 spiro atoms. The molecule has 262 valence electrons. The molecular weight excluding hydrogens is 648 g/mol. The second-order valence-corrected chi connectivity index (χ2v) is 12.8. The Labute approximate surface area is 294 Å². The van der Waals surface area contributed by atoms with Crippen molar-refractivity contribution in [3.05, 3.63) is 83.8 Å². The highest BCUT2D eigenvalue weighted by atomic mass is 16.2. The van der Waals surface area contributed by atoms with Crippen molar-refractivity contribution in [1.82, 2.24) is 40.3 Å². The molecule has 5 heterocycles. The number of hydrogen-bond acceptors (Lipinski definition) is 9. The van der Waals surface area contributed by atoms with Gasteiger partial charge in [-0.25, -0.2) is 4.98 Å². The Balaban J connectivity index is 0.858. The van der Waals surface area contributed by atoms with Crippen LogP contribution in [0.1, 0.15) is 71.7 Å². The first-order valence-corrected chi connectivity index (χ1v) is 17.4. The van der Waals surface area contributed by atoms with E-state index in [1.54, 1.807) is 17.0 Å². The van der Waals surface area contributed by atoms with Gasteiger partial charge in [-0.3, -0.25) is 29.2 Å². The number of aryl methyl sites for hydroxylation is 1. The van der Waals surface area contributed by atoms with Gasteiger partial charge < -0.3 is 25.8 Å². The molecule has 1 saturated heterocycles. The van der Waals surface area contributed by atoms with Crippen molar-refractivity contribution in [1.29, 1.82) is 0 Å². The fourth-order valence-corrected chi connectivity index (χ4v) is 6.60. The third-order valence-corrected chi connectivity index (χ3v) is 9.19. The first kappa shape index (κ1) is 33.4. The number of nitrogens with one attached hydrogen (secondary N) is 5. The number of aromatic nitrogens is 5. The minimum absolute atomic E-state index is 0.144. The highest BCUT2D eigenvalue weighted by Gasteiger charge is 2.40. The van der Waals surface area contributed by atoms with E-state index >= 15 is 0 Å². The largest absolute Gasteiger partial charge is 0.384 e. The summed E-state index contributed by atoms with van der Waals surface area (Å²) < 4.78 is 1.91. The Morgan fingerprint density at radius 2 is 1.84 bits per heavy atom. The van der Waals surface area contributed by atoms with Crippen molar-refractivity contribution < 1.29 is 19.2 Å². The second-order valence-electron chi connectivity index (χ2n) is 12.8. The van der Waals surface area contributed by atoms with Crippen LogP contribution in [0.5, 0.6) is 0 Å². The van der Waals surface area contributed by atoms with Gasteiger partial charge in [-0.05, 0) is 74.1 Å². The topological polar surface area (TPSA) is 179 Å². The van der Waals surface area contributed by atoms with Crippen LogP contribution in [0.15, 0.2) is 67.1 Å². The number of carbonyl (C=O) groups is 4. The van der Waals surface area contributed by atoms with Crippen LogP contribution in [0, 0.1) is 0 Å². The predicted molar refractivity (Wildman–Crippen MR) is 192 cm³/mol. The number of hydrogen-bond donors (Lipinski definition) is 5. The lowest BCUT2D eigenvalue weighted by Gasteiger charge is -2.29. The number of fused-ring (bicyclic) bond motifs is 2. The third kappa shape index (κ3) is 7.30. The number of imide groups is 1. The van der Waals surface area contributed by atoms with E-state index in [4.69, 9.17) is 4.98 Å². The van der Waals surface area contributed by atoms with Gasteiger partial charge in [0.15, 0.2) is 0 Å². The molecule has 7 rings (SSSR count). The lowest BCUT2D eigenvalue weighted by Crippen LogP contribution is -2.52. The predicted octanol–water partition coefficient (Wildman–Crippen LogP) is 4.75. The monoisotopic (exact) mass is 688 g/mol. The van der Waals surface area contributed by atoms with Gasteiger partial charge >= 0.3 is 0 Å². The zero-order valence-electron chi connectivity index (χ0n) is 28.4. The van der Waals surface area contributed by atoms with Gasteiger partial charge in [-0.15, -0.1) is 0 Å². The fourth-order valence-electron chi connectivity index (χ4n) is 6.60.